The highest BCUT2D eigenvalue weighted by atomic mass is 19.4. The molecule has 0 atom stereocenters. The van der Waals surface area contributed by atoms with E-state index in [2.05, 4.69) is 0 Å². The summed E-state index contributed by atoms with van der Waals surface area (Å²) in [7, 11) is 0. The van der Waals surface area contributed by atoms with Gasteiger partial charge in [-0.25, -0.2) is 0 Å². The maximum atomic E-state index is 14.1. The zero-order valence-corrected chi connectivity index (χ0v) is 25.5. The van der Waals surface area contributed by atoms with Crippen LogP contribution in [0.3, 0.4) is 0 Å². The van der Waals surface area contributed by atoms with Gasteiger partial charge in [-0.2, -0.15) is 26.3 Å². The molecule has 0 saturated heterocycles. The van der Waals surface area contributed by atoms with Crippen molar-refractivity contribution in [2.75, 3.05) is 4.90 Å². The van der Waals surface area contributed by atoms with E-state index in [0.717, 1.165) is 39.3 Å². The van der Waals surface area contributed by atoms with E-state index in [4.69, 9.17) is 0 Å². The van der Waals surface area contributed by atoms with Crippen LogP contribution in [-0.2, 0) is 18.9 Å². The predicted molar refractivity (Wildman–Crippen MR) is 179 cm³/mol. The van der Waals surface area contributed by atoms with Crippen molar-refractivity contribution in [3.05, 3.63) is 156 Å². The van der Waals surface area contributed by atoms with Crippen LogP contribution in [0.15, 0.2) is 133 Å². The summed E-state index contributed by atoms with van der Waals surface area (Å²) in [5.74, 6) is -0.180. The molecule has 8 rings (SSSR count). The number of amides is 1. The van der Waals surface area contributed by atoms with Crippen molar-refractivity contribution in [3.63, 3.8) is 0 Å². The average Bonchev–Trinajstić information content (AvgIpc) is 3.62. The number of para-hydroxylation sites is 1. The van der Waals surface area contributed by atoms with Crippen molar-refractivity contribution in [1.29, 1.82) is 0 Å². The second-order valence-electron chi connectivity index (χ2n) is 12.0. The fourth-order valence-corrected chi connectivity index (χ4v) is 6.81. The number of anilines is 1. The van der Waals surface area contributed by atoms with E-state index in [0.29, 0.717) is 34.8 Å². The van der Waals surface area contributed by atoms with Gasteiger partial charge in [-0.1, -0.05) is 84.9 Å². The van der Waals surface area contributed by atoms with Crippen molar-refractivity contribution >= 4 is 33.4 Å². The summed E-state index contributed by atoms with van der Waals surface area (Å²) < 4.78 is 84.3. The van der Waals surface area contributed by atoms with E-state index in [1.54, 1.807) is 23.1 Å². The van der Waals surface area contributed by atoms with Gasteiger partial charge < -0.3 is 9.47 Å². The highest BCUT2D eigenvalue weighted by Crippen LogP contribution is 2.43. The van der Waals surface area contributed by atoms with Crippen molar-refractivity contribution in [3.8, 4) is 27.9 Å². The molecule has 49 heavy (non-hydrogen) atoms. The number of benzene rings is 6. The summed E-state index contributed by atoms with van der Waals surface area (Å²) in [6.07, 6.45) is -9.94. The number of aromatic nitrogens is 1. The molecule has 0 fully saturated rings. The summed E-state index contributed by atoms with van der Waals surface area (Å²) in [4.78, 5) is 15.9. The van der Waals surface area contributed by atoms with Gasteiger partial charge in [0.1, 0.15) is 0 Å². The Morgan fingerprint density at radius 2 is 1.22 bits per heavy atom. The van der Waals surface area contributed by atoms with Gasteiger partial charge in [0.25, 0.3) is 5.91 Å². The van der Waals surface area contributed by atoms with Crippen LogP contribution >= 0.6 is 0 Å². The predicted octanol–water partition coefficient (Wildman–Crippen LogP) is 11.3. The second kappa shape index (κ2) is 11.1. The van der Waals surface area contributed by atoms with Crippen molar-refractivity contribution < 1.29 is 31.1 Å². The van der Waals surface area contributed by atoms with Crippen LogP contribution in [0.25, 0.3) is 49.7 Å². The first kappa shape index (κ1) is 30.5. The topological polar surface area (TPSA) is 25.2 Å². The molecule has 3 nitrogen and oxygen atoms in total. The Morgan fingerprint density at radius 3 is 1.96 bits per heavy atom. The zero-order chi connectivity index (χ0) is 34.1. The lowest BCUT2D eigenvalue weighted by Gasteiger charge is -2.17. The molecule has 0 N–H and O–H groups in total. The molecule has 0 radical (unpaired) electrons. The number of alkyl halides is 6. The van der Waals surface area contributed by atoms with Crippen molar-refractivity contribution in [2.45, 2.75) is 18.9 Å². The number of carbonyl (C=O) groups excluding carboxylic acids is 1. The first-order chi connectivity index (χ1) is 23.5. The molecule has 1 aliphatic heterocycles. The van der Waals surface area contributed by atoms with Gasteiger partial charge in [-0.05, 0) is 76.3 Å². The molecule has 0 saturated carbocycles. The van der Waals surface area contributed by atoms with Gasteiger partial charge in [-0.3, -0.25) is 4.79 Å². The number of rotatable bonds is 4. The third kappa shape index (κ3) is 5.13. The molecule has 242 valence electrons. The first-order valence-electron chi connectivity index (χ1n) is 15.4. The monoisotopic (exact) mass is 662 g/mol. The van der Waals surface area contributed by atoms with Crippen LogP contribution < -0.4 is 4.90 Å². The SMILES string of the molecule is O=C1c2c(cccc2-n2c3ccccc3c3cc(-c4ccc(C(F)(F)F)cc4C(F)(F)F)ccc32)CN1c1ccc(-c2ccccc2)cc1. The molecule has 2 heterocycles. The first-order valence-corrected chi connectivity index (χ1v) is 15.4. The van der Waals surface area contributed by atoms with E-state index >= 15 is 0 Å². The second-order valence-corrected chi connectivity index (χ2v) is 12.0. The van der Waals surface area contributed by atoms with Crippen LogP contribution in [0, 0.1) is 0 Å². The summed E-state index contributed by atoms with van der Waals surface area (Å²) in [6, 6.07) is 37.1. The molecule has 7 aromatic rings. The van der Waals surface area contributed by atoms with E-state index in [-0.39, 0.29) is 23.1 Å². The van der Waals surface area contributed by atoms with Crippen LogP contribution in [0.5, 0.6) is 0 Å². The van der Waals surface area contributed by atoms with E-state index in [1.807, 2.05) is 95.6 Å². The normalized spacial score (nSPS) is 13.4. The molecule has 0 spiro atoms. The minimum Gasteiger partial charge on any atom is -0.308 e. The Hall–Kier alpha value is -5.83. The summed E-state index contributed by atoms with van der Waals surface area (Å²) in [6.45, 7) is 0.363. The van der Waals surface area contributed by atoms with Crippen LogP contribution in [0.2, 0.25) is 0 Å². The van der Waals surface area contributed by atoms with Gasteiger partial charge in [0, 0.05) is 16.5 Å². The van der Waals surface area contributed by atoms with Gasteiger partial charge >= 0.3 is 12.4 Å². The summed E-state index contributed by atoms with van der Waals surface area (Å²) in [5.41, 5.74) is 3.19. The summed E-state index contributed by atoms with van der Waals surface area (Å²) in [5, 5.41) is 1.31. The molecule has 9 heteroatoms. The zero-order valence-electron chi connectivity index (χ0n) is 25.5. The third-order valence-corrected chi connectivity index (χ3v) is 9.08. The number of halogens is 6. The van der Waals surface area contributed by atoms with Gasteiger partial charge in [0.2, 0.25) is 0 Å². The molecular weight excluding hydrogens is 638 g/mol. The highest BCUT2D eigenvalue weighted by molar-refractivity contribution is 6.15. The largest absolute Gasteiger partial charge is 0.417 e. The van der Waals surface area contributed by atoms with Crippen LogP contribution in [0.1, 0.15) is 27.0 Å². The Kier molecular flexibility index (Phi) is 6.92. The van der Waals surface area contributed by atoms with Crippen LogP contribution in [-0.4, -0.2) is 10.5 Å². The fraction of sp³-hybridized carbons (Fsp3) is 0.0750. The maximum Gasteiger partial charge on any atom is 0.417 e. The fourth-order valence-electron chi connectivity index (χ4n) is 6.81. The molecular formula is C40H24F6N2O. The number of nitrogens with zero attached hydrogens (tertiary/aromatic N) is 2. The van der Waals surface area contributed by atoms with E-state index in [9.17, 15) is 31.1 Å². The molecule has 1 amide bonds. The standard InChI is InChI=1S/C40H24F6N2O/c41-39(42,43)28-16-19-30(33(22-28)40(44,45)46)26-15-20-35-32(21-26)31-10-4-5-11-34(31)48(35)36-12-6-9-27-23-47(38(49)37(27)36)29-17-13-25(14-18-29)24-7-2-1-3-8-24/h1-22H,23H2. The number of carbonyl (C=O) groups is 1. The number of hydrogen-bond donors (Lipinski definition) is 0. The van der Waals surface area contributed by atoms with Gasteiger partial charge in [0.15, 0.2) is 0 Å². The Morgan fingerprint density at radius 1 is 0.551 bits per heavy atom. The molecule has 0 aliphatic carbocycles. The lowest BCUT2D eigenvalue weighted by atomic mass is 9.95. The minimum absolute atomic E-state index is 0.121. The van der Waals surface area contributed by atoms with Gasteiger partial charge in [-0.15, -0.1) is 0 Å². The molecule has 1 aliphatic rings. The highest BCUT2D eigenvalue weighted by Gasteiger charge is 2.38. The van der Waals surface area contributed by atoms with Gasteiger partial charge in [0.05, 0.1) is 40.0 Å². The molecule has 6 aromatic carbocycles. The Balaban J connectivity index is 1.24. The van der Waals surface area contributed by atoms with E-state index in [1.165, 1.54) is 6.07 Å². The Bertz CT molecular complexity index is 2410. The van der Waals surface area contributed by atoms with E-state index < -0.39 is 23.5 Å². The number of hydrogen-bond acceptors (Lipinski definition) is 1. The summed E-state index contributed by atoms with van der Waals surface area (Å²) >= 11 is 0. The van der Waals surface area contributed by atoms with Crippen LogP contribution in [0.4, 0.5) is 32.0 Å². The van der Waals surface area contributed by atoms with Crippen molar-refractivity contribution in [1.82, 2.24) is 4.57 Å². The molecule has 0 bridgehead atoms. The smallest absolute Gasteiger partial charge is 0.308 e. The Labute approximate surface area is 276 Å². The third-order valence-electron chi connectivity index (χ3n) is 9.08. The minimum atomic E-state index is -5.02. The lowest BCUT2D eigenvalue weighted by Crippen LogP contribution is -2.23. The average molecular weight is 663 g/mol. The quantitative estimate of drug-likeness (QED) is 0.172. The maximum absolute atomic E-state index is 14.1. The molecule has 1 aromatic heterocycles. The lowest BCUT2D eigenvalue weighted by molar-refractivity contribution is -0.142. The number of fused-ring (bicyclic) bond motifs is 4. The van der Waals surface area contributed by atoms with Crippen molar-refractivity contribution in [2.24, 2.45) is 0 Å². The molecule has 0 unspecified atom stereocenters.